The van der Waals surface area contributed by atoms with Crippen LogP contribution in [-0.4, -0.2) is 29.7 Å². The molecule has 0 unspecified atom stereocenters. The molecule has 1 N–H and O–H groups in total. The Bertz CT molecular complexity index is 1210. The maximum Gasteiger partial charge on any atom is 0.329 e. The molecule has 1 amide bonds. The second kappa shape index (κ2) is 8.87. The molecule has 0 fully saturated rings. The summed E-state index contributed by atoms with van der Waals surface area (Å²) in [6.07, 6.45) is 2.18. The van der Waals surface area contributed by atoms with Crippen LogP contribution < -0.4 is 11.0 Å². The minimum absolute atomic E-state index is 0.102. The highest BCUT2D eigenvalue weighted by atomic mass is 32.2. The zero-order valence-electron chi connectivity index (χ0n) is 17.5. The first kappa shape index (κ1) is 21.8. The molecule has 0 bridgehead atoms. The van der Waals surface area contributed by atoms with Crippen LogP contribution in [0.15, 0.2) is 58.2 Å². The number of benzene rings is 2. The molecule has 30 heavy (non-hydrogen) atoms. The Hall–Kier alpha value is -2.87. The molecule has 0 radical (unpaired) electrons. The number of carbonyl (C=O) groups excluding carboxylic acids is 1. The number of sulfone groups is 1. The van der Waals surface area contributed by atoms with Gasteiger partial charge in [0.15, 0.2) is 9.84 Å². The first-order valence-corrected chi connectivity index (χ1v) is 11.9. The Balaban J connectivity index is 1.69. The van der Waals surface area contributed by atoms with Crippen molar-refractivity contribution in [3.8, 4) is 0 Å². The van der Waals surface area contributed by atoms with Gasteiger partial charge < -0.3 is 5.32 Å². The summed E-state index contributed by atoms with van der Waals surface area (Å²) in [6, 6.07) is 13.8. The summed E-state index contributed by atoms with van der Waals surface area (Å²) < 4.78 is 26.5. The third kappa shape index (κ3) is 4.64. The van der Waals surface area contributed by atoms with Gasteiger partial charge in [0, 0.05) is 25.8 Å². The van der Waals surface area contributed by atoms with E-state index < -0.39 is 9.84 Å². The summed E-state index contributed by atoms with van der Waals surface area (Å²) in [6.45, 7) is 4.79. The molecule has 7 nitrogen and oxygen atoms in total. The van der Waals surface area contributed by atoms with Crippen LogP contribution >= 0.6 is 0 Å². The molecule has 3 rings (SSSR count). The van der Waals surface area contributed by atoms with Crippen LogP contribution in [-0.2, 0) is 27.7 Å². The van der Waals surface area contributed by atoms with E-state index in [1.165, 1.54) is 12.1 Å². The quantitative estimate of drug-likeness (QED) is 0.596. The predicted molar refractivity (Wildman–Crippen MR) is 117 cm³/mol. The largest absolute Gasteiger partial charge is 0.350 e. The van der Waals surface area contributed by atoms with E-state index in [1.807, 2.05) is 38.1 Å². The minimum Gasteiger partial charge on any atom is -0.350 e. The number of hydrogen-bond donors (Lipinski definition) is 1. The van der Waals surface area contributed by atoms with E-state index in [0.717, 1.165) is 29.3 Å². The van der Waals surface area contributed by atoms with Gasteiger partial charge in [0.25, 0.3) is 0 Å². The highest BCUT2D eigenvalue weighted by molar-refractivity contribution is 7.90. The van der Waals surface area contributed by atoms with E-state index in [9.17, 15) is 18.0 Å². The van der Waals surface area contributed by atoms with Gasteiger partial charge in [-0.15, -0.1) is 0 Å². The zero-order valence-corrected chi connectivity index (χ0v) is 18.3. The third-order valence-corrected chi connectivity index (χ3v) is 6.25. The first-order valence-electron chi connectivity index (χ1n) is 9.99. The number of carbonyl (C=O) groups is 1. The number of hydrogen-bond acceptors (Lipinski definition) is 4. The number of nitrogens with zero attached hydrogens (tertiary/aromatic N) is 2. The molecular formula is C22H27N3O4S. The van der Waals surface area contributed by atoms with Gasteiger partial charge in [-0.25, -0.2) is 13.2 Å². The predicted octanol–water partition coefficient (Wildman–Crippen LogP) is 2.88. The number of fused-ring (bicyclic) bond motifs is 1. The molecule has 0 aliphatic rings. The average molecular weight is 430 g/mol. The van der Waals surface area contributed by atoms with Crippen LogP contribution in [0.4, 0.5) is 0 Å². The highest BCUT2D eigenvalue weighted by Crippen LogP contribution is 2.17. The Kier molecular flexibility index (Phi) is 6.45. The summed E-state index contributed by atoms with van der Waals surface area (Å²) in [5.41, 5.74) is 2.42. The van der Waals surface area contributed by atoms with E-state index in [4.69, 9.17) is 0 Å². The maximum absolute atomic E-state index is 12.8. The smallest absolute Gasteiger partial charge is 0.329 e. The van der Waals surface area contributed by atoms with Crippen LogP contribution in [0.25, 0.3) is 11.0 Å². The van der Waals surface area contributed by atoms with Gasteiger partial charge in [-0.1, -0.05) is 31.2 Å². The Morgan fingerprint density at radius 2 is 1.57 bits per heavy atom. The molecule has 160 valence electrons. The summed E-state index contributed by atoms with van der Waals surface area (Å²) >= 11 is 0. The normalized spacial score (nSPS) is 12.8. The van der Waals surface area contributed by atoms with Crippen molar-refractivity contribution >= 4 is 26.8 Å². The standard InChI is InChI=1S/C22H27N3O4S/c1-4-14-24-19-7-5-6-8-20(19)25(22(24)27)15-13-21(26)23-16(2)17-9-11-18(12-10-17)30(3,28)29/h5-12,16H,4,13-15H2,1-3H3,(H,23,26)/t16-/m0/s1. The van der Waals surface area contributed by atoms with Gasteiger partial charge in [-0.05, 0) is 43.2 Å². The lowest BCUT2D eigenvalue weighted by Crippen LogP contribution is -2.30. The molecule has 2 aromatic carbocycles. The van der Waals surface area contributed by atoms with Gasteiger partial charge >= 0.3 is 5.69 Å². The van der Waals surface area contributed by atoms with Crippen molar-refractivity contribution in [3.05, 3.63) is 64.6 Å². The molecule has 8 heteroatoms. The second-order valence-corrected chi connectivity index (χ2v) is 9.47. The highest BCUT2D eigenvalue weighted by Gasteiger charge is 2.15. The summed E-state index contributed by atoms with van der Waals surface area (Å²) in [4.78, 5) is 25.5. The van der Waals surface area contributed by atoms with Crippen molar-refractivity contribution in [2.75, 3.05) is 6.26 Å². The fraction of sp³-hybridized carbons (Fsp3) is 0.364. The van der Waals surface area contributed by atoms with E-state index in [1.54, 1.807) is 21.3 Å². The van der Waals surface area contributed by atoms with Crippen molar-refractivity contribution < 1.29 is 13.2 Å². The molecule has 0 saturated carbocycles. The Labute approximate surface area is 176 Å². The number of nitrogens with one attached hydrogen (secondary N) is 1. The van der Waals surface area contributed by atoms with E-state index >= 15 is 0 Å². The van der Waals surface area contributed by atoms with Crippen LogP contribution in [0.1, 0.15) is 38.3 Å². The van der Waals surface area contributed by atoms with E-state index in [2.05, 4.69) is 5.32 Å². The average Bonchev–Trinajstić information content (AvgIpc) is 2.97. The Morgan fingerprint density at radius 3 is 2.10 bits per heavy atom. The van der Waals surface area contributed by atoms with Gasteiger partial charge in [0.2, 0.25) is 5.91 Å². The molecule has 1 heterocycles. The molecule has 0 saturated heterocycles. The summed E-state index contributed by atoms with van der Waals surface area (Å²) in [7, 11) is -3.25. The summed E-state index contributed by atoms with van der Waals surface area (Å²) in [5.74, 6) is -0.172. The van der Waals surface area contributed by atoms with Gasteiger partial charge in [0.1, 0.15) is 0 Å². The van der Waals surface area contributed by atoms with Crippen LogP contribution in [0.2, 0.25) is 0 Å². The third-order valence-electron chi connectivity index (χ3n) is 5.12. The van der Waals surface area contributed by atoms with Crippen molar-refractivity contribution in [2.24, 2.45) is 0 Å². The molecule has 1 atom stereocenters. The second-order valence-electron chi connectivity index (χ2n) is 7.45. The number of para-hydroxylation sites is 2. The number of rotatable bonds is 8. The molecule has 0 aliphatic carbocycles. The van der Waals surface area contributed by atoms with Crippen molar-refractivity contribution in [1.82, 2.24) is 14.5 Å². The van der Waals surface area contributed by atoms with E-state index in [0.29, 0.717) is 13.1 Å². The lowest BCUT2D eigenvalue weighted by molar-refractivity contribution is -0.121. The van der Waals surface area contributed by atoms with Crippen molar-refractivity contribution in [1.29, 1.82) is 0 Å². The molecular weight excluding hydrogens is 402 g/mol. The zero-order chi connectivity index (χ0) is 21.9. The van der Waals surface area contributed by atoms with Crippen LogP contribution in [0.5, 0.6) is 0 Å². The number of imidazole rings is 1. The topological polar surface area (TPSA) is 90.2 Å². The van der Waals surface area contributed by atoms with Crippen molar-refractivity contribution in [3.63, 3.8) is 0 Å². The molecule has 0 spiro atoms. The van der Waals surface area contributed by atoms with Gasteiger partial charge in [-0.3, -0.25) is 13.9 Å². The lowest BCUT2D eigenvalue weighted by atomic mass is 10.1. The molecule has 0 aliphatic heterocycles. The summed E-state index contributed by atoms with van der Waals surface area (Å²) in [5, 5.41) is 2.91. The van der Waals surface area contributed by atoms with Crippen LogP contribution in [0, 0.1) is 0 Å². The van der Waals surface area contributed by atoms with Gasteiger partial charge in [0.05, 0.1) is 22.0 Å². The molecule has 1 aromatic heterocycles. The number of aryl methyl sites for hydroxylation is 2. The fourth-order valence-corrected chi connectivity index (χ4v) is 4.17. The van der Waals surface area contributed by atoms with Crippen molar-refractivity contribution in [2.45, 2.75) is 50.7 Å². The maximum atomic E-state index is 12.8. The minimum atomic E-state index is -3.25. The SMILES string of the molecule is CCCn1c(=O)n(CCC(=O)N[C@@H](C)c2ccc(S(C)(=O)=O)cc2)c2ccccc21. The fourth-order valence-electron chi connectivity index (χ4n) is 3.54. The number of amides is 1. The van der Waals surface area contributed by atoms with E-state index in [-0.39, 0.29) is 29.0 Å². The Morgan fingerprint density at radius 1 is 1.00 bits per heavy atom. The first-order chi connectivity index (χ1) is 14.2. The van der Waals surface area contributed by atoms with Crippen LogP contribution in [0.3, 0.4) is 0 Å². The monoisotopic (exact) mass is 429 g/mol. The van der Waals surface area contributed by atoms with Gasteiger partial charge in [-0.2, -0.15) is 0 Å². The molecule has 3 aromatic rings. The lowest BCUT2D eigenvalue weighted by Gasteiger charge is -2.15. The number of aromatic nitrogens is 2.